The molecule has 1 N–H and O–H groups in total. The monoisotopic (exact) mass is 320 g/mol. The lowest BCUT2D eigenvalue weighted by Gasteiger charge is -2.25. The Kier molecular flexibility index (Phi) is 6.46. The lowest BCUT2D eigenvalue weighted by molar-refractivity contribution is 0.0297. The van der Waals surface area contributed by atoms with Crippen LogP contribution in [0.1, 0.15) is 40.0 Å². The molecule has 0 aromatic rings. The highest BCUT2D eigenvalue weighted by Crippen LogP contribution is 2.12. The molecule has 0 atom stereocenters. The molecule has 0 radical (unpaired) electrons. The van der Waals surface area contributed by atoms with E-state index in [1.807, 2.05) is 20.8 Å². The average molecular weight is 320 g/mol. The van der Waals surface area contributed by atoms with E-state index in [1.165, 1.54) is 0 Å². The molecule has 0 aliphatic carbocycles. The lowest BCUT2D eigenvalue weighted by atomic mass is 10.1. The molecule has 0 bridgehead atoms. The highest BCUT2D eigenvalue weighted by molar-refractivity contribution is 7.91. The minimum absolute atomic E-state index is 0.278. The number of carbonyl (C=O) groups excluding carboxylic acids is 1. The van der Waals surface area contributed by atoms with Gasteiger partial charge in [0.2, 0.25) is 0 Å². The molecule has 0 aromatic heterocycles. The maximum atomic E-state index is 11.7. The second-order valence-corrected chi connectivity index (χ2v) is 8.94. The fraction of sp³-hybridized carbons (Fsp3) is 0.929. The lowest BCUT2D eigenvalue weighted by Crippen LogP contribution is -2.39. The molecule has 1 aliphatic rings. The molecule has 1 saturated heterocycles. The molecule has 1 aliphatic heterocycles. The van der Waals surface area contributed by atoms with Crippen molar-refractivity contribution in [2.24, 2.45) is 0 Å². The number of nitrogens with zero attached hydrogens (tertiary/aromatic N) is 1. The molecule has 7 heteroatoms. The molecule has 0 saturated carbocycles. The van der Waals surface area contributed by atoms with E-state index in [0.29, 0.717) is 19.4 Å². The van der Waals surface area contributed by atoms with E-state index in [9.17, 15) is 13.2 Å². The standard InChI is InChI=1S/C14H28N2O4S/c1-14(2,3)20-13(17)16(4)9-5-8-15-12-6-10-21(18,19)11-7-12/h12,15H,5-11H2,1-4H3. The van der Waals surface area contributed by atoms with Gasteiger partial charge in [0, 0.05) is 19.6 Å². The Morgan fingerprint density at radius 2 is 1.86 bits per heavy atom. The number of carbonyl (C=O) groups is 1. The molecule has 1 fully saturated rings. The van der Waals surface area contributed by atoms with Crippen LogP contribution >= 0.6 is 0 Å². The summed E-state index contributed by atoms with van der Waals surface area (Å²) in [5.74, 6) is 0.560. The van der Waals surface area contributed by atoms with Gasteiger partial charge in [0.05, 0.1) is 11.5 Å². The van der Waals surface area contributed by atoms with E-state index in [0.717, 1.165) is 13.0 Å². The molecular weight excluding hydrogens is 292 g/mol. The normalized spacial score (nSPS) is 19.2. The Labute approximate surface area is 128 Å². The van der Waals surface area contributed by atoms with Crippen LogP contribution in [0.5, 0.6) is 0 Å². The summed E-state index contributed by atoms with van der Waals surface area (Å²) in [4.78, 5) is 13.3. The van der Waals surface area contributed by atoms with Crippen LogP contribution in [0, 0.1) is 0 Å². The summed E-state index contributed by atoms with van der Waals surface area (Å²) in [6, 6.07) is 0.278. The van der Waals surface area contributed by atoms with Crippen molar-refractivity contribution in [2.75, 3.05) is 31.6 Å². The van der Waals surface area contributed by atoms with E-state index in [1.54, 1.807) is 11.9 Å². The fourth-order valence-corrected chi connectivity index (χ4v) is 3.64. The van der Waals surface area contributed by atoms with Crippen molar-refractivity contribution in [3.63, 3.8) is 0 Å². The minimum atomic E-state index is -2.80. The van der Waals surface area contributed by atoms with Gasteiger partial charge in [-0.1, -0.05) is 0 Å². The van der Waals surface area contributed by atoms with Crippen molar-refractivity contribution < 1.29 is 17.9 Å². The first-order valence-electron chi connectivity index (χ1n) is 7.47. The van der Waals surface area contributed by atoms with E-state index in [-0.39, 0.29) is 23.6 Å². The number of rotatable bonds is 5. The van der Waals surface area contributed by atoms with Gasteiger partial charge in [-0.2, -0.15) is 0 Å². The largest absolute Gasteiger partial charge is 0.444 e. The quantitative estimate of drug-likeness (QED) is 0.775. The summed E-state index contributed by atoms with van der Waals surface area (Å²) >= 11 is 0. The first-order chi connectivity index (χ1) is 9.59. The molecule has 1 amide bonds. The molecule has 124 valence electrons. The van der Waals surface area contributed by atoms with E-state index >= 15 is 0 Å². The summed E-state index contributed by atoms with van der Waals surface area (Å²) in [7, 11) is -1.07. The number of hydrogen-bond donors (Lipinski definition) is 1. The third kappa shape index (κ3) is 7.66. The predicted molar refractivity (Wildman–Crippen MR) is 83.2 cm³/mol. The molecule has 6 nitrogen and oxygen atoms in total. The maximum Gasteiger partial charge on any atom is 0.410 e. The van der Waals surface area contributed by atoms with Gasteiger partial charge in [0.25, 0.3) is 0 Å². The van der Waals surface area contributed by atoms with Crippen LogP contribution in [0.25, 0.3) is 0 Å². The van der Waals surface area contributed by atoms with Crippen LogP contribution in [-0.2, 0) is 14.6 Å². The van der Waals surface area contributed by atoms with Crippen LogP contribution < -0.4 is 5.32 Å². The Bertz CT molecular complexity index is 428. The molecular formula is C14H28N2O4S. The van der Waals surface area contributed by atoms with Crippen molar-refractivity contribution in [3.8, 4) is 0 Å². The predicted octanol–water partition coefficient (Wildman–Crippen LogP) is 1.41. The van der Waals surface area contributed by atoms with Gasteiger partial charge >= 0.3 is 6.09 Å². The van der Waals surface area contributed by atoms with Gasteiger partial charge in [-0.05, 0) is 46.6 Å². The van der Waals surface area contributed by atoms with Crippen molar-refractivity contribution in [1.29, 1.82) is 0 Å². The SMILES string of the molecule is CN(CCCNC1CCS(=O)(=O)CC1)C(=O)OC(C)(C)C. The number of amides is 1. The molecule has 1 heterocycles. The molecule has 1 rings (SSSR count). The Balaban J connectivity index is 2.15. The van der Waals surface area contributed by atoms with Crippen molar-refractivity contribution in [1.82, 2.24) is 10.2 Å². The number of ether oxygens (including phenoxy) is 1. The van der Waals surface area contributed by atoms with E-state index in [4.69, 9.17) is 4.74 Å². The van der Waals surface area contributed by atoms with Crippen LogP contribution in [0.4, 0.5) is 4.79 Å². The second kappa shape index (κ2) is 7.45. The smallest absolute Gasteiger partial charge is 0.410 e. The van der Waals surface area contributed by atoms with Crippen molar-refractivity contribution in [3.05, 3.63) is 0 Å². The topological polar surface area (TPSA) is 75.7 Å². The molecule has 0 aromatic carbocycles. The van der Waals surface area contributed by atoms with Crippen LogP contribution in [0.15, 0.2) is 0 Å². The molecule has 0 spiro atoms. The van der Waals surface area contributed by atoms with Gasteiger partial charge in [-0.25, -0.2) is 13.2 Å². The van der Waals surface area contributed by atoms with E-state index in [2.05, 4.69) is 5.32 Å². The third-order valence-electron chi connectivity index (χ3n) is 3.36. The first kappa shape index (κ1) is 18.2. The first-order valence-corrected chi connectivity index (χ1v) is 9.29. The zero-order chi connectivity index (χ0) is 16.1. The fourth-order valence-electron chi connectivity index (χ4n) is 2.15. The number of sulfone groups is 1. The van der Waals surface area contributed by atoms with Crippen LogP contribution in [-0.4, -0.2) is 62.7 Å². The summed E-state index contributed by atoms with van der Waals surface area (Å²) < 4.78 is 27.9. The molecule has 0 unspecified atom stereocenters. The Morgan fingerprint density at radius 3 is 2.38 bits per heavy atom. The van der Waals surface area contributed by atoms with Gasteiger partial charge in [-0.3, -0.25) is 0 Å². The van der Waals surface area contributed by atoms with Gasteiger partial charge in [0.15, 0.2) is 0 Å². The molecule has 21 heavy (non-hydrogen) atoms. The minimum Gasteiger partial charge on any atom is -0.444 e. The van der Waals surface area contributed by atoms with Crippen LogP contribution in [0.2, 0.25) is 0 Å². The van der Waals surface area contributed by atoms with Gasteiger partial charge < -0.3 is 15.0 Å². The highest BCUT2D eigenvalue weighted by atomic mass is 32.2. The summed E-state index contributed by atoms with van der Waals surface area (Å²) in [5.41, 5.74) is -0.475. The Morgan fingerprint density at radius 1 is 1.29 bits per heavy atom. The van der Waals surface area contributed by atoms with Gasteiger partial charge in [0.1, 0.15) is 15.4 Å². The summed E-state index contributed by atoms with van der Waals surface area (Å²) in [6.45, 7) is 6.93. The van der Waals surface area contributed by atoms with E-state index < -0.39 is 15.4 Å². The summed E-state index contributed by atoms with van der Waals surface area (Å²) in [6.07, 6.45) is 1.87. The van der Waals surface area contributed by atoms with Crippen LogP contribution in [0.3, 0.4) is 0 Å². The number of hydrogen-bond acceptors (Lipinski definition) is 5. The summed E-state index contributed by atoms with van der Waals surface area (Å²) in [5, 5.41) is 3.36. The maximum absolute atomic E-state index is 11.7. The van der Waals surface area contributed by atoms with Gasteiger partial charge in [-0.15, -0.1) is 0 Å². The highest BCUT2D eigenvalue weighted by Gasteiger charge is 2.23. The van der Waals surface area contributed by atoms with Crippen molar-refractivity contribution in [2.45, 2.75) is 51.7 Å². The Hall–Kier alpha value is -0.820. The number of nitrogens with one attached hydrogen (secondary N) is 1. The van der Waals surface area contributed by atoms with Crippen molar-refractivity contribution >= 4 is 15.9 Å². The zero-order valence-corrected chi connectivity index (χ0v) is 14.3. The third-order valence-corrected chi connectivity index (χ3v) is 5.08. The average Bonchev–Trinajstić information content (AvgIpc) is 2.34. The zero-order valence-electron chi connectivity index (χ0n) is 13.5. The second-order valence-electron chi connectivity index (χ2n) is 6.64.